The summed E-state index contributed by atoms with van der Waals surface area (Å²) in [5, 5.41) is 23.9. The summed E-state index contributed by atoms with van der Waals surface area (Å²) in [7, 11) is 5.36. The first kappa shape index (κ1) is 49.9. The predicted octanol–water partition coefficient (Wildman–Crippen LogP) is 5.29. The van der Waals surface area contributed by atoms with Gasteiger partial charge in [0.05, 0.1) is 29.6 Å². The van der Waals surface area contributed by atoms with Crippen LogP contribution in [0.4, 0.5) is 4.79 Å². The Hall–Kier alpha value is -3.80. The average molecular weight is 856 g/mol. The average Bonchev–Trinajstić information content (AvgIpc) is 3.82. The van der Waals surface area contributed by atoms with Gasteiger partial charge in [-0.1, -0.05) is 45.1 Å². The van der Waals surface area contributed by atoms with Crippen LogP contribution in [-0.2, 0) is 39.8 Å². The van der Waals surface area contributed by atoms with Crippen molar-refractivity contribution < 1.29 is 43.2 Å². The number of rotatable bonds is 18. The molecule has 2 aromatic heterocycles. The van der Waals surface area contributed by atoms with Crippen molar-refractivity contribution >= 4 is 17.8 Å². The highest BCUT2D eigenvalue weighted by Gasteiger charge is 2.58. The van der Waals surface area contributed by atoms with Gasteiger partial charge < -0.3 is 39.0 Å². The van der Waals surface area contributed by atoms with Crippen molar-refractivity contribution in [1.82, 2.24) is 35.1 Å². The summed E-state index contributed by atoms with van der Waals surface area (Å²) in [6.07, 6.45) is 3.85. The third kappa shape index (κ3) is 11.6. The molecule has 61 heavy (non-hydrogen) atoms. The molecule has 4 rings (SSSR count). The number of ketones is 1. The third-order valence-corrected chi connectivity index (χ3v) is 12.7. The van der Waals surface area contributed by atoms with Gasteiger partial charge in [0.15, 0.2) is 17.7 Å². The van der Waals surface area contributed by atoms with Crippen LogP contribution in [0.1, 0.15) is 93.9 Å². The van der Waals surface area contributed by atoms with Crippen LogP contribution >= 0.6 is 0 Å². The summed E-state index contributed by atoms with van der Waals surface area (Å²) in [6, 6.07) is 4.48. The molecule has 16 heteroatoms. The van der Waals surface area contributed by atoms with E-state index in [9.17, 15) is 19.5 Å². The number of esters is 1. The number of amides is 1. The molecular formula is C45H73N7O9. The standard InChI is InChI=1S/C45H73N7O9/c1-13-22-45(57-12)26-29(5)27-47-32(8)39-44(9,61-43(56)52(39)25-20-19-24-51-28-34(48-49-51)33-21-17-18-23-46-33)36(15-3)59-41(55)31(7)37(53)30(6)40(45)60-42(58-16-4)38(54)35(14-2)50(10)11/h13,17-18,21,23,28-32,35-36,38-40,42,47,54H,1,14-16,19-20,22,24-27H2,2-12H3/t29-,30+,31-,32-,35?,36-,38?,39-,40-,42+,44-,45-/m1/s1. The molecule has 16 nitrogen and oxygen atoms in total. The zero-order chi connectivity index (χ0) is 45.1. The topological polar surface area (TPSA) is 180 Å². The van der Waals surface area contributed by atoms with Crippen molar-refractivity contribution in [3.05, 3.63) is 43.2 Å². The van der Waals surface area contributed by atoms with Crippen LogP contribution in [0.2, 0.25) is 0 Å². The predicted molar refractivity (Wildman–Crippen MR) is 231 cm³/mol. The van der Waals surface area contributed by atoms with Crippen LogP contribution in [0.25, 0.3) is 11.4 Å². The lowest BCUT2D eigenvalue weighted by Crippen LogP contribution is -2.61. The van der Waals surface area contributed by atoms with Crippen molar-refractivity contribution in [2.75, 3.05) is 40.9 Å². The Kier molecular flexibility index (Phi) is 18.4. The molecule has 2 N–H and O–H groups in total. The minimum atomic E-state index is -1.25. The Morgan fingerprint density at radius 1 is 1.10 bits per heavy atom. The molecule has 0 aromatic carbocycles. The quantitative estimate of drug-likeness (QED) is 0.0650. The Bertz CT molecular complexity index is 1710. The molecule has 4 heterocycles. The molecule has 342 valence electrons. The van der Waals surface area contributed by atoms with Gasteiger partial charge in [0.25, 0.3) is 0 Å². The van der Waals surface area contributed by atoms with Crippen molar-refractivity contribution in [3.8, 4) is 11.4 Å². The molecule has 0 spiro atoms. The number of likely N-dealkylation sites (N-methyl/N-ethyl adjacent to an activating group) is 1. The zero-order valence-electron chi connectivity index (χ0n) is 38.4. The van der Waals surface area contributed by atoms with Crippen LogP contribution in [0.5, 0.6) is 0 Å². The molecule has 0 bridgehead atoms. The van der Waals surface area contributed by atoms with E-state index >= 15 is 0 Å². The molecule has 2 aliphatic heterocycles. The minimum Gasteiger partial charge on any atom is -0.458 e. The molecule has 2 saturated heterocycles. The number of aliphatic hydroxyl groups is 1. The summed E-state index contributed by atoms with van der Waals surface area (Å²) in [5.74, 6) is -3.33. The van der Waals surface area contributed by atoms with Crippen LogP contribution < -0.4 is 5.32 Å². The highest BCUT2D eigenvalue weighted by Crippen LogP contribution is 2.41. The molecule has 1 amide bonds. The van der Waals surface area contributed by atoms with Gasteiger partial charge in [-0.2, -0.15) is 0 Å². The van der Waals surface area contributed by atoms with E-state index in [0.29, 0.717) is 63.9 Å². The number of unbranched alkanes of at least 4 members (excludes halogenated alkanes) is 1. The number of carbonyl (C=O) groups excluding carboxylic acids is 3. The molecule has 2 aliphatic rings. The van der Waals surface area contributed by atoms with Gasteiger partial charge in [0.2, 0.25) is 0 Å². The van der Waals surface area contributed by atoms with E-state index in [0.717, 1.165) is 5.69 Å². The van der Waals surface area contributed by atoms with E-state index in [1.54, 1.807) is 35.9 Å². The monoisotopic (exact) mass is 856 g/mol. The highest BCUT2D eigenvalue weighted by molar-refractivity contribution is 6.00. The number of aromatic nitrogens is 4. The van der Waals surface area contributed by atoms with E-state index in [2.05, 4.69) is 34.1 Å². The second-order valence-corrected chi connectivity index (χ2v) is 17.3. The number of aryl methyl sites for hydroxylation is 1. The summed E-state index contributed by atoms with van der Waals surface area (Å²) in [5.41, 5.74) is -0.946. The number of nitrogens with zero attached hydrogens (tertiary/aromatic N) is 6. The van der Waals surface area contributed by atoms with Crippen molar-refractivity contribution in [3.63, 3.8) is 0 Å². The van der Waals surface area contributed by atoms with Crippen molar-refractivity contribution in [2.45, 2.75) is 154 Å². The number of cyclic esters (lactones) is 1. The largest absolute Gasteiger partial charge is 0.458 e. The van der Waals surface area contributed by atoms with Crippen LogP contribution in [0, 0.1) is 17.8 Å². The number of carbonyl (C=O) groups is 3. The molecule has 2 fully saturated rings. The van der Waals surface area contributed by atoms with Crippen molar-refractivity contribution in [2.24, 2.45) is 17.8 Å². The number of ether oxygens (including phenoxy) is 5. The smallest absolute Gasteiger partial charge is 0.410 e. The zero-order valence-corrected chi connectivity index (χ0v) is 38.4. The van der Waals surface area contributed by atoms with Crippen LogP contribution in [0.3, 0.4) is 0 Å². The van der Waals surface area contributed by atoms with Crippen molar-refractivity contribution in [1.29, 1.82) is 0 Å². The maximum absolute atomic E-state index is 14.6. The minimum absolute atomic E-state index is 0.0600. The van der Waals surface area contributed by atoms with E-state index < -0.39 is 71.5 Å². The van der Waals surface area contributed by atoms with Gasteiger partial charge in [-0.3, -0.25) is 24.2 Å². The number of hydrogen-bond acceptors (Lipinski definition) is 14. The SMILES string of the molecule is C=CC[C@@]1(OC)C[C@@H](C)CN[C@H](C)[C@H]2N(CCCCn3cc(-c4ccccn4)nn3)C(=O)O[C@]2(C)[C@@H](CC)OC(=O)[C@H](C)C(=O)[C@H](C)[C@H]1O[C@H](OCC)C(O)C(CC)N(C)C. The number of hydrogen-bond donors (Lipinski definition) is 2. The van der Waals surface area contributed by atoms with E-state index in [1.165, 1.54) is 6.92 Å². The maximum atomic E-state index is 14.6. The van der Waals surface area contributed by atoms with Crippen LogP contribution in [0.15, 0.2) is 43.2 Å². The second-order valence-electron chi connectivity index (χ2n) is 17.3. The lowest BCUT2D eigenvalue weighted by Gasteiger charge is -2.45. The Labute approximate surface area is 363 Å². The molecule has 0 radical (unpaired) electrons. The number of Topliss-reactive ketones (excluding diaryl/α,β-unsaturated/α-hetero) is 1. The Morgan fingerprint density at radius 3 is 2.43 bits per heavy atom. The first-order chi connectivity index (χ1) is 29.0. The summed E-state index contributed by atoms with van der Waals surface area (Å²) in [4.78, 5) is 50.6. The van der Waals surface area contributed by atoms with Gasteiger partial charge in [-0.15, -0.1) is 11.7 Å². The molecule has 0 saturated carbocycles. The molecule has 0 aliphatic carbocycles. The number of fused-ring (bicyclic) bond motifs is 1. The highest BCUT2D eigenvalue weighted by atomic mass is 16.7. The molecular weight excluding hydrogens is 783 g/mol. The Morgan fingerprint density at radius 2 is 1.82 bits per heavy atom. The Balaban J connectivity index is 1.66. The number of nitrogens with one attached hydrogen (secondary N) is 1. The van der Waals surface area contributed by atoms with Gasteiger partial charge in [-0.05, 0) is 105 Å². The number of methoxy groups -OCH3 is 1. The summed E-state index contributed by atoms with van der Waals surface area (Å²) < 4.78 is 33.6. The molecule has 12 atom stereocenters. The lowest BCUT2D eigenvalue weighted by molar-refractivity contribution is -0.268. The molecule has 2 aromatic rings. The van der Waals surface area contributed by atoms with E-state index in [-0.39, 0.29) is 24.6 Å². The molecule has 2 unspecified atom stereocenters. The fraction of sp³-hybridized carbons (Fsp3) is 0.733. The van der Waals surface area contributed by atoms with Gasteiger partial charge in [0.1, 0.15) is 23.8 Å². The van der Waals surface area contributed by atoms with Gasteiger partial charge in [-0.25, -0.2) is 4.79 Å². The van der Waals surface area contributed by atoms with Gasteiger partial charge >= 0.3 is 12.1 Å². The maximum Gasteiger partial charge on any atom is 0.410 e. The normalized spacial score (nSPS) is 30.8. The van der Waals surface area contributed by atoms with E-state index in [1.807, 2.05) is 78.0 Å². The summed E-state index contributed by atoms with van der Waals surface area (Å²) >= 11 is 0. The number of aliphatic hydroxyl groups excluding tert-OH is 1. The fourth-order valence-corrected chi connectivity index (χ4v) is 9.41. The third-order valence-electron chi connectivity index (χ3n) is 12.7. The second kappa shape index (κ2) is 22.5. The summed E-state index contributed by atoms with van der Waals surface area (Å²) in [6.45, 7) is 20.6. The van der Waals surface area contributed by atoms with Crippen LogP contribution in [-0.4, -0.2) is 148 Å². The fourth-order valence-electron chi connectivity index (χ4n) is 9.41. The number of pyridine rings is 1. The lowest BCUT2D eigenvalue weighted by atomic mass is 9.75. The first-order valence-corrected chi connectivity index (χ1v) is 22.1. The first-order valence-electron chi connectivity index (χ1n) is 22.1. The van der Waals surface area contributed by atoms with Gasteiger partial charge in [0, 0.05) is 51.0 Å². The van der Waals surface area contributed by atoms with E-state index in [4.69, 9.17) is 23.7 Å².